The average molecular weight is 281 g/mol. The van der Waals surface area contributed by atoms with E-state index in [4.69, 9.17) is 27.9 Å². The Balaban J connectivity index is 2.25. The van der Waals surface area contributed by atoms with Crippen LogP contribution >= 0.6 is 23.2 Å². The van der Waals surface area contributed by atoms with Gasteiger partial charge in [-0.15, -0.1) is 0 Å². The summed E-state index contributed by atoms with van der Waals surface area (Å²) in [6.07, 6.45) is 0. The summed E-state index contributed by atoms with van der Waals surface area (Å²) in [4.78, 5) is 11.2. The van der Waals surface area contributed by atoms with E-state index in [1.807, 2.05) is 0 Å². The van der Waals surface area contributed by atoms with Crippen LogP contribution in [-0.4, -0.2) is 5.78 Å². The molecule has 2 rings (SSSR count). The molecule has 4 heteroatoms. The first-order chi connectivity index (χ1) is 8.56. The molecule has 92 valence electrons. The standard InChI is InChI=1S/C14H10Cl2O2/c1-9(17)13-6-5-12(8-14(13)16)18-11-4-2-3-10(15)7-11/h2-8H,1H3. The largest absolute Gasteiger partial charge is 0.457 e. The number of hydrogen-bond donors (Lipinski definition) is 0. The fourth-order valence-corrected chi connectivity index (χ4v) is 2.00. The van der Waals surface area contributed by atoms with Crippen LogP contribution < -0.4 is 4.74 Å². The van der Waals surface area contributed by atoms with Gasteiger partial charge in [-0.2, -0.15) is 0 Å². The van der Waals surface area contributed by atoms with Gasteiger partial charge < -0.3 is 4.74 Å². The van der Waals surface area contributed by atoms with Crippen molar-refractivity contribution in [2.24, 2.45) is 0 Å². The Hall–Kier alpha value is -1.51. The number of ketones is 1. The molecule has 0 radical (unpaired) electrons. The van der Waals surface area contributed by atoms with Crippen molar-refractivity contribution in [1.82, 2.24) is 0 Å². The summed E-state index contributed by atoms with van der Waals surface area (Å²) < 4.78 is 5.59. The smallest absolute Gasteiger partial charge is 0.161 e. The van der Waals surface area contributed by atoms with Crippen molar-refractivity contribution < 1.29 is 9.53 Å². The Morgan fingerprint density at radius 1 is 1.06 bits per heavy atom. The van der Waals surface area contributed by atoms with Crippen LogP contribution in [0.2, 0.25) is 10.0 Å². The van der Waals surface area contributed by atoms with Crippen LogP contribution in [0.4, 0.5) is 0 Å². The molecular weight excluding hydrogens is 271 g/mol. The number of ether oxygens (including phenoxy) is 1. The Kier molecular flexibility index (Phi) is 3.90. The molecule has 0 fully saturated rings. The predicted octanol–water partition coefficient (Wildman–Crippen LogP) is 4.99. The lowest BCUT2D eigenvalue weighted by molar-refractivity contribution is 0.101. The third-order valence-corrected chi connectivity index (χ3v) is 2.90. The molecule has 0 aliphatic carbocycles. The first-order valence-corrected chi connectivity index (χ1v) is 6.06. The van der Waals surface area contributed by atoms with E-state index in [2.05, 4.69) is 0 Å². The molecule has 0 amide bonds. The third-order valence-electron chi connectivity index (χ3n) is 2.35. The van der Waals surface area contributed by atoms with E-state index in [0.29, 0.717) is 27.1 Å². The molecule has 0 bridgehead atoms. The maximum absolute atomic E-state index is 11.2. The maximum atomic E-state index is 11.2. The minimum Gasteiger partial charge on any atom is -0.457 e. The highest BCUT2D eigenvalue weighted by molar-refractivity contribution is 6.34. The molecule has 0 saturated heterocycles. The zero-order chi connectivity index (χ0) is 13.1. The normalized spacial score (nSPS) is 10.2. The molecule has 2 aromatic carbocycles. The summed E-state index contributed by atoms with van der Waals surface area (Å²) >= 11 is 11.9. The second-order valence-electron chi connectivity index (χ2n) is 3.76. The van der Waals surface area contributed by atoms with E-state index in [1.54, 1.807) is 42.5 Å². The summed E-state index contributed by atoms with van der Waals surface area (Å²) in [5.41, 5.74) is 0.482. The van der Waals surface area contributed by atoms with Gasteiger partial charge in [0.25, 0.3) is 0 Å². The van der Waals surface area contributed by atoms with Gasteiger partial charge in [0.1, 0.15) is 11.5 Å². The second kappa shape index (κ2) is 5.42. The summed E-state index contributed by atoms with van der Waals surface area (Å²) in [6, 6.07) is 12.0. The molecular formula is C14H10Cl2O2. The van der Waals surface area contributed by atoms with Crippen LogP contribution in [0, 0.1) is 0 Å². The Labute approximate surface area is 115 Å². The summed E-state index contributed by atoms with van der Waals surface area (Å²) in [6.45, 7) is 1.47. The van der Waals surface area contributed by atoms with Crippen molar-refractivity contribution in [2.75, 3.05) is 0 Å². The van der Waals surface area contributed by atoms with Crippen molar-refractivity contribution >= 4 is 29.0 Å². The van der Waals surface area contributed by atoms with E-state index >= 15 is 0 Å². The lowest BCUT2D eigenvalue weighted by Gasteiger charge is -2.07. The highest BCUT2D eigenvalue weighted by Crippen LogP contribution is 2.28. The molecule has 0 unspecified atom stereocenters. The highest BCUT2D eigenvalue weighted by atomic mass is 35.5. The average Bonchev–Trinajstić information content (AvgIpc) is 2.28. The van der Waals surface area contributed by atoms with Gasteiger partial charge in [0.2, 0.25) is 0 Å². The van der Waals surface area contributed by atoms with E-state index in [0.717, 1.165) is 0 Å². The van der Waals surface area contributed by atoms with E-state index < -0.39 is 0 Å². The quantitative estimate of drug-likeness (QED) is 0.741. The number of carbonyl (C=O) groups is 1. The van der Waals surface area contributed by atoms with Crippen LogP contribution in [0.3, 0.4) is 0 Å². The van der Waals surface area contributed by atoms with Gasteiger partial charge >= 0.3 is 0 Å². The highest BCUT2D eigenvalue weighted by Gasteiger charge is 2.07. The molecule has 2 nitrogen and oxygen atoms in total. The van der Waals surface area contributed by atoms with Crippen molar-refractivity contribution in [3.05, 3.63) is 58.1 Å². The van der Waals surface area contributed by atoms with Gasteiger partial charge in [-0.1, -0.05) is 29.3 Å². The van der Waals surface area contributed by atoms with E-state index in [1.165, 1.54) is 6.92 Å². The molecule has 0 spiro atoms. The van der Waals surface area contributed by atoms with Gasteiger partial charge in [0, 0.05) is 16.7 Å². The van der Waals surface area contributed by atoms with Crippen LogP contribution in [-0.2, 0) is 0 Å². The first kappa shape index (κ1) is 12.9. The number of halogens is 2. The van der Waals surface area contributed by atoms with Crippen molar-refractivity contribution in [1.29, 1.82) is 0 Å². The summed E-state index contributed by atoms with van der Waals surface area (Å²) in [5, 5.41) is 0.973. The number of hydrogen-bond acceptors (Lipinski definition) is 2. The van der Waals surface area contributed by atoms with E-state index in [9.17, 15) is 4.79 Å². The van der Waals surface area contributed by atoms with Crippen LogP contribution in [0.15, 0.2) is 42.5 Å². The monoisotopic (exact) mass is 280 g/mol. The first-order valence-electron chi connectivity index (χ1n) is 5.30. The third kappa shape index (κ3) is 3.03. The summed E-state index contributed by atoms with van der Waals surface area (Å²) in [7, 11) is 0. The lowest BCUT2D eigenvalue weighted by Crippen LogP contribution is -1.93. The number of Topliss-reactive ketones (excluding diaryl/α,β-unsaturated/α-hetero) is 1. The molecule has 0 N–H and O–H groups in total. The number of carbonyl (C=O) groups excluding carboxylic acids is 1. The minimum atomic E-state index is -0.0747. The van der Waals surface area contributed by atoms with Crippen molar-refractivity contribution in [3.8, 4) is 11.5 Å². The molecule has 18 heavy (non-hydrogen) atoms. The van der Waals surface area contributed by atoms with Crippen LogP contribution in [0.25, 0.3) is 0 Å². The van der Waals surface area contributed by atoms with Gasteiger partial charge in [-0.05, 0) is 37.3 Å². The maximum Gasteiger partial charge on any atom is 0.161 e. The molecule has 0 saturated carbocycles. The van der Waals surface area contributed by atoms with E-state index in [-0.39, 0.29) is 5.78 Å². The Bertz CT molecular complexity index is 594. The summed E-state index contributed by atoms with van der Waals surface area (Å²) in [5.74, 6) is 1.11. The van der Waals surface area contributed by atoms with Crippen LogP contribution in [0.5, 0.6) is 11.5 Å². The molecule has 0 heterocycles. The SMILES string of the molecule is CC(=O)c1ccc(Oc2cccc(Cl)c2)cc1Cl. The van der Waals surface area contributed by atoms with Gasteiger partial charge in [-0.25, -0.2) is 0 Å². The molecule has 0 aromatic heterocycles. The number of rotatable bonds is 3. The second-order valence-corrected chi connectivity index (χ2v) is 4.60. The molecule has 0 atom stereocenters. The zero-order valence-electron chi connectivity index (χ0n) is 9.61. The predicted molar refractivity (Wildman–Crippen MR) is 73.0 cm³/mol. The number of benzene rings is 2. The van der Waals surface area contributed by atoms with Gasteiger partial charge in [0.05, 0.1) is 5.02 Å². The van der Waals surface area contributed by atoms with Crippen LogP contribution in [0.1, 0.15) is 17.3 Å². The van der Waals surface area contributed by atoms with Gasteiger partial charge in [-0.3, -0.25) is 4.79 Å². The van der Waals surface area contributed by atoms with Crippen molar-refractivity contribution in [2.45, 2.75) is 6.92 Å². The molecule has 2 aromatic rings. The Morgan fingerprint density at radius 3 is 2.39 bits per heavy atom. The fourth-order valence-electron chi connectivity index (χ4n) is 1.51. The molecule has 0 aliphatic rings. The minimum absolute atomic E-state index is 0.0747. The van der Waals surface area contributed by atoms with Crippen molar-refractivity contribution in [3.63, 3.8) is 0 Å². The fraction of sp³-hybridized carbons (Fsp3) is 0.0714. The molecule has 0 aliphatic heterocycles. The topological polar surface area (TPSA) is 26.3 Å². The zero-order valence-corrected chi connectivity index (χ0v) is 11.1. The van der Waals surface area contributed by atoms with Gasteiger partial charge in [0.15, 0.2) is 5.78 Å². The Morgan fingerprint density at radius 2 is 1.78 bits per heavy atom. The lowest BCUT2D eigenvalue weighted by atomic mass is 10.1.